The fourth-order valence-corrected chi connectivity index (χ4v) is 3.59. The average Bonchev–Trinajstić information content (AvgIpc) is 2.92. The first-order chi connectivity index (χ1) is 10.2. The summed E-state index contributed by atoms with van der Waals surface area (Å²) in [6, 6.07) is 11.9. The molecule has 0 aliphatic rings. The van der Waals surface area contributed by atoms with E-state index in [1.165, 1.54) is 22.2 Å². The fourth-order valence-electron chi connectivity index (χ4n) is 2.62. The Morgan fingerprint density at radius 2 is 1.86 bits per heavy atom. The van der Waals surface area contributed by atoms with E-state index in [-0.39, 0.29) is 6.04 Å². The predicted octanol–water partition coefficient (Wildman–Crippen LogP) is 4.68. The molecule has 1 aromatic heterocycles. The third-order valence-corrected chi connectivity index (χ3v) is 4.57. The molecule has 108 valence electrons. The number of hydrogen-bond acceptors (Lipinski definition) is 2. The Morgan fingerprint density at radius 1 is 1.10 bits per heavy atom. The van der Waals surface area contributed by atoms with E-state index in [2.05, 4.69) is 28.9 Å². The van der Waals surface area contributed by atoms with Crippen molar-refractivity contribution in [1.29, 1.82) is 0 Å². The van der Waals surface area contributed by atoms with E-state index in [1.807, 2.05) is 13.1 Å². The topological polar surface area (TPSA) is 12.0 Å². The highest BCUT2D eigenvalue weighted by molar-refractivity contribution is 7.17. The van der Waals surface area contributed by atoms with Gasteiger partial charge in [-0.15, -0.1) is 11.3 Å². The summed E-state index contributed by atoms with van der Waals surface area (Å²) in [5.41, 5.74) is 1.81. The highest BCUT2D eigenvalue weighted by Crippen LogP contribution is 2.30. The van der Waals surface area contributed by atoms with E-state index < -0.39 is 11.6 Å². The van der Waals surface area contributed by atoms with Crippen molar-refractivity contribution >= 4 is 21.4 Å². The first-order valence-electron chi connectivity index (χ1n) is 6.76. The van der Waals surface area contributed by atoms with E-state index in [0.29, 0.717) is 12.0 Å². The van der Waals surface area contributed by atoms with Gasteiger partial charge in [0.1, 0.15) is 11.6 Å². The molecule has 1 nitrogen and oxygen atoms in total. The van der Waals surface area contributed by atoms with Gasteiger partial charge < -0.3 is 5.32 Å². The summed E-state index contributed by atoms with van der Waals surface area (Å²) in [7, 11) is 1.87. The van der Waals surface area contributed by atoms with Crippen molar-refractivity contribution in [3.8, 4) is 0 Å². The number of nitrogens with one attached hydrogen (secondary N) is 1. The van der Waals surface area contributed by atoms with Gasteiger partial charge >= 0.3 is 0 Å². The van der Waals surface area contributed by atoms with E-state index in [1.54, 1.807) is 11.3 Å². The Labute approximate surface area is 126 Å². The average molecular weight is 303 g/mol. The standard InChI is InChI=1S/C17H15F2NS/c1-20-16(9-11-7-13(18)10-14(19)8-11)15-4-2-3-12-5-6-21-17(12)15/h2-8,10,16,20H,9H2,1H3. The maximum Gasteiger partial charge on any atom is 0.126 e. The molecule has 3 rings (SSSR count). The Bertz CT molecular complexity index is 746. The van der Waals surface area contributed by atoms with Gasteiger partial charge in [-0.25, -0.2) is 8.78 Å². The minimum Gasteiger partial charge on any atom is -0.313 e. The summed E-state index contributed by atoms with van der Waals surface area (Å²) in [6.07, 6.45) is 0.544. The molecular formula is C17H15F2NS. The van der Waals surface area contributed by atoms with Gasteiger partial charge in [0.2, 0.25) is 0 Å². The highest BCUT2D eigenvalue weighted by atomic mass is 32.1. The van der Waals surface area contributed by atoms with Crippen LogP contribution in [0.1, 0.15) is 17.2 Å². The third-order valence-electron chi connectivity index (χ3n) is 3.60. The maximum atomic E-state index is 13.3. The summed E-state index contributed by atoms with van der Waals surface area (Å²) in [5, 5.41) is 6.51. The van der Waals surface area contributed by atoms with Gasteiger partial charge in [0.15, 0.2) is 0 Å². The molecule has 1 unspecified atom stereocenters. The lowest BCUT2D eigenvalue weighted by molar-refractivity contribution is 0.563. The minimum absolute atomic E-state index is 0.0218. The second kappa shape index (κ2) is 5.92. The Hall–Kier alpha value is -1.78. The molecule has 0 saturated carbocycles. The zero-order valence-corrected chi connectivity index (χ0v) is 12.4. The summed E-state index contributed by atoms with van der Waals surface area (Å²) in [6.45, 7) is 0. The molecule has 1 N–H and O–H groups in total. The van der Waals surface area contributed by atoms with Crippen molar-refractivity contribution in [2.24, 2.45) is 0 Å². The molecule has 0 amide bonds. The van der Waals surface area contributed by atoms with E-state index >= 15 is 0 Å². The van der Waals surface area contributed by atoms with Crippen LogP contribution in [0.25, 0.3) is 10.1 Å². The molecule has 0 aliphatic carbocycles. The Balaban J connectivity index is 1.96. The molecule has 0 fully saturated rings. The lowest BCUT2D eigenvalue weighted by atomic mass is 9.98. The lowest BCUT2D eigenvalue weighted by Gasteiger charge is -2.18. The molecule has 1 atom stereocenters. The Morgan fingerprint density at radius 3 is 2.57 bits per heavy atom. The van der Waals surface area contributed by atoms with Crippen LogP contribution >= 0.6 is 11.3 Å². The van der Waals surface area contributed by atoms with Gasteiger partial charge in [-0.3, -0.25) is 0 Å². The third kappa shape index (κ3) is 2.96. The number of fused-ring (bicyclic) bond motifs is 1. The quantitative estimate of drug-likeness (QED) is 0.738. The predicted molar refractivity (Wildman–Crippen MR) is 83.7 cm³/mol. The molecule has 0 aliphatic heterocycles. The van der Waals surface area contributed by atoms with E-state index in [9.17, 15) is 8.78 Å². The van der Waals surface area contributed by atoms with Crippen LogP contribution in [-0.4, -0.2) is 7.05 Å². The summed E-state index contributed by atoms with van der Waals surface area (Å²) >= 11 is 1.69. The zero-order chi connectivity index (χ0) is 14.8. The van der Waals surface area contributed by atoms with Crippen LogP contribution in [0, 0.1) is 11.6 Å². The van der Waals surface area contributed by atoms with Gasteiger partial charge in [0.25, 0.3) is 0 Å². The van der Waals surface area contributed by atoms with Gasteiger partial charge in [0.05, 0.1) is 0 Å². The van der Waals surface area contributed by atoms with Crippen LogP contribution in [0.4, 0.5) is 8.78 Å². The summed E-state index contributed by atoms with van der Waals surface area (Å²) in [4.78, 5) is 0. The Kier molecular flexibility index (Phi) is 3.99. The van der Waals surface area contributed by atoms with Gasteiger partial charge in [0, 0.05) is 16.8 Å². The molecular weight excluding hydrogens is 288 g/mol. The van der Waals surface area contributed by atoms with Crippen molar-refractivity contribution in [1.82, 2.24) is 5.32 Å². The number of likely N-dealkylation sites (N-methyl/N-ethyl adjacent to an activating group) is 1. The van der Waals surface area contributed by atoms with Crippen molar-refractivity contribution < 1.29 is 8.78 Å². The van der Waals surface area contributed by atoms with Crippen molar-refractivity contribution in [2.75, 3.05) is 7.05 Å². The fraction of sp³-hybridized carbons (Fsp3) is 0.176. The molecule has 0 bridgehead atoms. The molecule has 0 spiro atoms. The second-order valence-corrected chi connectivity index (χ2v) is 5.93. The van der Waals surface area contributed by atoms with Crippen molar-refractivity contribution in [3.63, 3.8) is 0 Å². The van der Waals surface area contributed by atoms with Crippen LogP contribution in [0.2, 0.25) is 0 Å². The highest BCUT2D eigenvalue weighted by Gasteiger charge is 2.15. The minimum atomic E-state index is -0.533. The maximum absolute atomic E-state index is 13.3. The van der Waals surface area contributed by atoms with Gasteiger partial charge in [-0.05, 0) is 53.6 Å². The zero-order valence-electron chi connectivity index (χ0n) is 11.6. The number of rotatable bonds is 4. The molecule has 21 heavy (non-hydrogen) atoms. The van der Waals surface area contributed by atoms with Crippen molar-refractivity contribution in [2.45, 2.75) is 12.5 Å². The molecule has 4 heteroatoms. The molecule has 2 aromatic carbocycles. The molecule has 3 aromatic rings. The normalized spacial score (nSPS) is 12.7. The van der Waals surface area contributed by atoms with Crippen LogP contribution in [0.5, 0.6) is 0 Å². The first-order valence-corrected chi connectivity index (χ1v) is 7.63. The second-order valence-electron chi connectivity index (χ2n) is 5.01. The SMILES string of the molecule is CNC(Cc1cc(F)cc(F)c1)c1cccc2ccsc12. The van der Waals surface area contributed by atoms with E-state index in [0.717, 1.165) is 11.6 Å². The number of hydrogen-bond donors (Lipinski definition) is 1. The van der Waals surface area contributed by atoms with E-state index in [4.69, 9.17) is 0 Å². The molecule has 0 saturated heterocycles. The number of halogens is 2. The van der Waals surface area contributed by atoms with Crippen LogP contribution in [0.3, 0.4) is 0 Å². The lowest BCUT2D eigenvalue weighted by Crippen LogP contribution is -2.19. The van der Waals surface area contributed by atoms with Crippen LogP contribution in [-0.2, 0) is 6.42 Å². The largest absolute Gasteiger partial charge is 0.313 e. The van der Waals surface area contributed by atoms with Gasteiger partial charge in [-0.1, -0.05) is 18.2 Å². The van der Waals surface area contributed by atoms with Crippen LogP contribution < -0.4 is 5.32 Å². The summed E-state index contributed by atoms with van der Waals surface area (Å²) < 4.78 is 27.9. The summed E-state index contributed by atoms with van der Waals surface area (Å²) in [5.74, 6) is -1.07. The van der Waals surface area contributed by atoms with Crippen molar-refractivity contribution in [3.05, 3.63) is 70.6 Å². The van der Waals surface area contributed by atoms with Crippen LogP contribution in [0.15, 0.2) is 47.8 Å². The number of benzene rings is 2. The first kappa shape index (κ1) is 14.2. The smallest absolute Gasteiger partial charge is 0.126 e. The number of thiophene rings is 1. The van der Waals surface area contributed by atoms with Gasteiger partial charge in [-0.2, -0.15) is 0 Å². The monoisotopic (exact) mass is 303 g/mol. The molecule has 1 heterocycles. The molecule has 0 radical (unpaired) electrons.